The normalized spacial score (nSPS) is 26.0. The summed E-state index contributed by atoms with van der Waals surface area (Å²) in [6.07, 6.45) is 7.36. The molecule has 1 saturated carbocycles. The molecule has 0 aromatic carbocycles. The molecule has 1 aliphatic carbocycles. The summed E-state index contributed by atoms with van der Waals surface area (Å²) >= 11 is 0. The molecule has 2 fully saturated rings. The first-order valence-electron chi connectivity index (χ1n) is 9.38. The molecule has 7 heteroatoms. The number of carbonyl (C=O) groups is 2. The van der Waals surface area contributed by atoms with E-state index in [1.807, 2.05) is 12.1 Å². The second-order valence-electron chi connectivity index (χ2n) is 7.14. The summed E-state index contributed by atoms with van der Waals surface area (Å²) in [5, 5.41) is 15.5. The van der Waals surface area contributed by atoms with Crippen LogP contribution in [-0.4, -0.2) is 46.8 Å². The van der Waals surface area contributed by atoms with Crippen molar-refractivity contribution in [2.45, 2.75) is 63.3 Å². The van der Waals surface area contributed by atoms with Gasteiger partial charge in [-0.3, -0.25) is 14.6 Å². The molecule has 0 unspecified atom stereocenters. The molecule has 2 heterocycles. The van der Waals surface area contributed by atoms with Gasteiger partial charge in [-0.05, 0) is 43.4 Å². The van der Waals surface area contributed by atoms with Crippen molar-refractivity contribution in [2.24, 2.45) is 5.92 Å². The molecule has 1 aliphatic heterocycles. The lowest BCUT2D eigenvalue weighted by molar-refractivity contribution is -0.138. The Morgan fingerprint density at radius 1 is 1.19 bits per heavy atom. The van der Waals surface area contributed by atoms with Crippen molar-refractivity contribution in [3.8, 4) is 0 Å². The van der Waals surface area contributed by atoms with Crippen LogP contribution in [0, 0.1) is 5.92 Å². The van der Waals surface area contributed by atoms with Crippen LogP contribution in [0.1, 0.15) is 44.1 Å². The Labute approximate surface area is 153 Å². The lowest BCUT2D eigenvalue weighted by Gasteiger charge is -2.37. The summed E-state index contributed by atoms with van der Waals surface area (Å²) in [5.41, 5.74) is 0.991. The van der Waals surface area contributed by atoms with Crippen LogP contribution in [-0.2, 0) is 20.9 Å². The van der Waals surface area contributed by atoms with Gasteiger partial charge in [0, 0.05) is 24.9 Å². The van der Waals surface area contributed by atoms with Crippen LogP contribution in [0.2, 0.25) is 0 Å². The Hall–Kier alpha value is -1.99. The van der Waals surface area contributed by atoms with Crippen molar-refractivity contribution < 1.29 is 19.4 Å². The molecule has 1 aromatic heterocycles. The second kappa shape index (κ2) is 9.09. The molecule has 1 saturated heterocycles. The summed E-state index contributed by atoms with van der Waals surface area (Å²) in [4.78, 5) is 28.2. The maximum Gasteiger partial charge on any atom is 0.223 e. The highest BCUT2D eigenvalue weighted by Gasteiger charge is 2.35. The lowest BCUT2D eigenvalue weighted by atomic mass is 9.84. The Balaban J connectivity index is 1.42. The second-order valence-corrected chi connectivity index (χ2v) is 7.14. The van der Waals surface area contributed by atoms with Crippen molar-refractivity contribution in [1.82, 2.24) is 15.6 Å². The number of carbonyl (C=O) groups excluding carboxylic acids is 2. The summed E-state index contributed by atoms with van der Waals surface area (Å²) in [6.45, 7) is 0.294. The Bertz CT molecular complexity index is 606. The number of rotatable bonds is 7. The monoisotopic (exact) mass is 361 g/mol. The van der Waals surface area contributed by atoms with Gasteiger partial charge in [0.05, 0.1) is 25.2 Å². The first kappa shape index (κ1) is 18.8. The molecule has 3 N–H and O–H groups in total. The summed E-state index contributed by atoms with van der Waals surface area (Å²) in [6, 6.07) is 3.53. The van der Waals surface area contributed by atoms with Gasteiger partial charge in [0.25, 0.3) is 0 Å². The number of aliphatic hydroxyl groups is 1. The molecule has 1 aromatic rings. The SMILES string of the molecule is O=C(C[C@H]1CC[C@@H](NC(=O)C2CCC2)[C@H](CO)O1)NCc1ccncc1. The largest absolute Gasteiger partial charge is 0.394 e. The summed E-state index contributed by atoms with van der Waals surface area (Å²) in [7, 11) is 0. The van der Waals surface area contributed by atoms with E-state index in [0.717, 1.165) is 24.8 Å². The molecule has 7 nitrogen and oxygen atoms in total. The van der Waals surface area contributed by atoms with Gasteiger partial charge in [0.2, 0.25) is 11.8 Å². The molecular formula is C19H27N3O4. The number of aliphatic hydroxyl groups excluding tert-OH is 1. The first-order valence-corrected chi connectivity index (χ1v) is 9.38. The van der Waals surface area contributed by atoms with Crippen molar-refractivity contribution >= 4 is 11.8 Å². The molecule has 3 atom stereocenters. The van der Waals surface area contributed by atoms with Crippen LogP contribution in [0.4, 0.5) is 0 Å². The Kier molecular flexibility index (Phi) is 6.57. The number of nitrogens with one attached hydrogen (secondary N) is 2. The minimum Gasteiger partial charge on any atom is -0.394 e. The van der Waals surface area contributed by atoms with E-state index < -0.39 is 6.10 Å². The van der Waals surface area contributed by atoms with Crippen molar-refractivity contribution in [2.75, 3.05) is 6.61 Å². The van der Waals surface area contributed by atoms with Gasteiger partial charge in [0.15, 0.2) is 0 Å². The molecule has 3 rings (SSSR count). The van der Waals surface area contributed by atoms with Gasteiger partial charge in [-0.25, -0.2) is 0 Å². The predicted molar refractivity (Wildman–Crippen MR) is 95.0 cm³/mol. The number of pyridine rings is 1. The van der Waals surface area contributed by atoms with Gasteiger partial charge >= 0.3 is 0 Å². The number of hydrogen-bond acceptors (Lipinski definition) is 5. The highest BCUT2D eigenvalue weighted by molar-refractivity contribution is 5.79. The highest BCUT2D eigenvalue weighted by atomic mass is 16.5. The molecule has 0 spiro atoms. The smallest absolute Gasteiger partial charge is 0.223 e. The van der Waals surface area contributed by atoms with Crippen LogP contribution >= 0.6 is 0 Å². The molecule has 26 heavy (non-hydrogen) atoms. The van der Waals surface area contributed by atoms with Crippen molar-refractivity contribution in [3.63, 3.8) is 0 Å². The van der Waals surface area contributed by atoms with Gasteiger partial charge in [-0.1, -0.05) is 6.42 Å². The topological polar surface area (TPSA) is 101 Å². The molecule has 142 valence electrons. The van der Waals surface area contributed by atoms with Gasteiger partial charge < -0.3 is 20.5 Å². The lowest BCUT2D eigenvalue weighted by Crippen LogP contribution is -2.53. The van der Waals surface area contributed by atoms with Crippen LogP contribution in [0.15, 0.2) is 24.5 Å². The van der Waals surface area contributed by atoms with Gasteiger partial charge in [-0.15, -0.1) is 0 Å². The fraction of sp³-hybridized carbons (Fsp3) is 0.632. The minimum atomic E-state index is -0.453. The molecule has 2 amide bonds. The number of amides is 2. The third-order valence-electron chi connectivity index (χ3n) is 5.25. The zero-order chi connectivity index (χ0) is 18.4. The average Bonchev–Trinajstić information content (AvgIpc) is 2.60. The van der Waals surface area contributed by atoms with E-state index in [9.17, 15) is 14.7 Å². The Morgan fingerprint density at radius 3 is 2.62 bits per heavy atom. The summed E-state index contributed by atoms with van der Waals surface area (Å²) < 4.78 is 5.87. The highest BCUT2D eigenvalue weighted by Crippen LogP contribution is 2.28. The fourth-order valence-corrected chi connectivity index (χ4v) is 3.40. The predicted octanol–water partition coefficient (Wildman–Crippen LogP) is 0.913. The van der Waals surface area contributed by atoms with E-state index in [1.54, 1.807) is 12.4 Å². The zero-order valence-electron chi connectivity index (χ0n) is 14.9. The van der Waals surface area contributed by atoms with E-state index in [4.69, 9.17) is 4.74 Å². The maximum absolute atomic E-state index is 12.1. The van der Waals surface area contributed by atoms with Crippen molar-refractivity contribution in [1.29, 1.82) is 0 Å². The van der Waals surface area contributed by atoms with Gasteiger partial charge in [-0.2, -0.15) is 0 Å². The number of aromatic nitrogens is 1. The average molecular weight is 361 g/mol. The van der Waals surface area contributed by atoms with Crippen LogP contribution < -0.4 is 10.6 Å². The van der Waals surface area contributed by atoms with Crippen LogP contribution in [0.3, 0.4) is 0 Å². The van der Waals surface area contributed by atoms with Crippen LogP contribution in [0.5, 0.6) is 0 Å². The maximum atomic E-state index is 12.1. The molecule has 2 aliphatic rings. The van der Waals surface area contributed by atoms with Gasteiger partial charge in [0.1, 0.15) is 6.10 Å². The third-order valence-corrected chi connectivity index (χ3v) is 5.25. The quantitative estimate of drug-likeness (QED) is 0.670. The summed E-state index contributed by atoms with van der Waals surface area (Å²) in [5.74, 6) is 0.100. The van der Waals surface area contributed by atoms with E-state index in [1.165, 1.54) is 0 Å². The fourth-order valence-electron chi connectivity index (χ4n) is 3.40. The van der Waals surface area contributed by atoms with Crippen molar-refractivity contribution in [3.05, 3.63) is 30.1 Å². The van der Waals surface area contributed by atoms with Crippen LogP contribution in [0.25, 0.3) is 0 Å². The number of nitrogens with zero attached hydrogens (tertiary/aromatic N) is 1. The Morgan fingerprint density at radius 2 is 1.96 bits per heavy atom. The number of hydrogen-bond donors (Lipinski definition) is 3. The standard InChI is InChI=1S/C19H27N3O4/c23-12-17-16(22-19(25)14-2-1-3-14)5-4-15(26-17)10-18(24)21-11-13-6-8-20-9-7-13/h6-9,14-17,23H,1-5,10-12H2,(H,21,24)(H,22,25)/t15-,16-,17+/m1/s1. The van der Waals surface area contributed by atoms with E-state index in [0.29, 0.717) is 19.4 Å². The number of ether oxygens (including phenoxy) is 1. The zero-order valence-corrected chi connectivity index (χ0v) is 14.9. The minimum absolute atomic E-state index is 0.0665. The third kappa shape index (κ3) is 5.02. The molecule has 0 bridgehead atoms. The molecule has 0 radical (unpaired) electrons. The van der Waals surface area contributed by atoms with E-state index >= 15 is 0 Å². The van der Waals surface area contributed by atoms with E-state index in [2.05, 4.69) is 15.6 Å². The van der Waals surface area contributed by atoms with E-state index in [-0.39, 0.29) is 42.9 Å². The first-order chi connectivity index (χ1) is 12.7. The molecular weight excluding hydrogens is 334 g/mol.